The van der Waals surface area contributed by atoms with Gasteiger partial charge in [-0.2, -0.15) is 0 Å². The van der Waals surface area contributed by atoms with Crippen molar-refractivity contribution in [3.05, 3.63) is 65.2 Å². The second-order valence-electron chi connectivity index (χ2n) is 5.43. The standard InChI is InChI=1S/C18H22N2O2.ClH/c1-13-6-8-15(9-7-13)17(21)12-20-18(22)11-10-14-4-2-3-5-16(14)19;/h2-9,17,21H,10-12,19H2,1H3,(H,20,22);1H. The third kappa shape index (κ3) is 5.93. The molecule has 23 heavy (non-hydrogen) atoms. The van der Waals surface area contributed by atoms with E-state index in [1.807, 2.05) is 55.5 Å². The molecule has 0 saturated heterocycles. The van der Waals surface area contributed by atoms with E-state index >= 15 is 0 Å². The normalized spacial score (nSPS) is 11.4. The Balaban J connectivity index is 0.00000264. The fraction of sp³-hybridized carbons (Fsp3) is 0.278. The van der Waals surface area contributed by atoms with Gasteiger partial charge in [-0.1, -0.05) is 48.0 Å². The molecule has 124 valence electrons. The Hall–Kier alpha value is -2.04. The molecule has 0 fully saturated rings. The lowest BCUT2D eigenvalue weighted by molar-refractivity contribution is -0.121. The summed E-state index contributed by atoms with van der Waals surface area (Å²) in [6, 6.07) is 15.2. The van der Waals surface area contributed by atoms with Crippen molar-refractivity contribution in [1.82, 2.24) is 5.32 Å². The van der Waals surface area contributed by atoms with Crippen molar-refractivity contribution in [1.29, 1.82) is 0 Å². The van der Waals surface area contributed by atoms with Crippen molar-refractivity contribution in [3.63, 3.8) is 0 Å². The summed E-state index contributed by atoms with van der Waals surface area (Å²) in [7, 11) is 0. The minimum Gasteiger partial charge on any atom is -0.399 e. The number of rotatable bonds is 6. The zero-order chi connectivity index (χ0) is 15.9. The molecule has 0 aliphatic heterocycles. The van der Waals surface area contributed by atoms with Crippen LogP contribution < -0.4 is 11.1 Å². The minimum atomic E-state index is -0.689. The predicted octanol–water partition coefficient (Wildman–Crippen LogP) is 2.78. The van der Waals surface area contributed by atoms with E-state index in [0.29, 0.717) is 18.5 Å². The lowest BCUT2D eigenvalue weighted by Gasteiger charge is -2.13. The molecular formula is C18H23ClN2O2. The van der Waals surface area contributed by atoms with Crippen LogP contribution in [0.25, 0.3) is 0 Å². The number of anilines is 1. The third-order valence-electron chi connectivity index (χ3n) is 3.63. The fourth-order valence-electron chi connectivity index (χ4n) is 2.22. The molecule has 5 heteroatoms. The first kappa shape index (κ1) is 19.0. The summed E-state index contributed by atoms with van der Waals surface area (Å²) in [4.78, 5) is 11.9. The first-order chi connectivity index (χ1) is 10.6. The Morgan fingerprint density at radius 1 is 1.17 bits per heavy atom. The van der Waals surface area contributed by atoms with Gasteiger partial charge < -0.3 is 16.2 Å². The number of nitrogens with one attached hydrogen (secondary N) is 1. The number of nitrogen functional groups attached to an aromatic ring is 1. The van der Waals surface area contributed by atoms with Gasteiger partial charge in [0.05, 0.1) is 6.10 Å². The van der Waals surface area contributed by atoms with Crippen LogP contribution in [-0.2, 0) is 11.2 Å². The highest BCUT2D eigenvalue weighted by Crippen LogP contribution is 2.14. The summed E-state index contributed by atoms with van der Waals surface area (Å²) in [5, 5.41) is 12.8. The first-order valence-corrected chi connectivity index (χ1v) is 7.41. The lowest BCUT2D eigenvalue weighted by atomic mass is 10.1. The number of hydrogen-bond acceptors (Lipinski definition) is 3. The van der Waals surface area contributed by atoms with Crippen molar-refractivity contribution < 1.29 is 9.90 Å². The molecular weight excluding hydrogens is 312 g/mol. The number of aliphatic hydroxyl groups is 1. The maximum Gasteiger partial charge on any atom is 0.220 e. The number of amides is 1. The van der Waals surface area contributed by atoms with Gasteiger partial charge in [-0.05, 0) is 30.5 Å². The van der Waals surface area contributed by atoms with Crippen LogP contribution in [0.3, 0.4) is 0 Å². The van der Waals surface area contributed by atoms with Gasteiger partial charge in [0.1, 0.15) is 0 Å². The molecule has 0 bridgehead atoms. The maximum absolute atomic E-state index is 11.9. The second kappa shape index (κ2) is 9.18. The van der Waals surface area contributed by atoms with Gasteiger partial charge in [0, 0.05) is 18.7 Å². The molecule has 0 aliphatic rings. The topological polar surface area (TPSA) is 75.3 Å². The smallest absolute Gasteiger partial charge is 0.220 e. The monoisotopic (exact) mass is 334 g/mol. The van der Waals surface area contributed by atoms with E-state index in [2.05, 4.69) is 5.32 Å². The zero-order valence-electron chi connectivity index (χ0n) is 13.2. The van der Waals surface area contributed by atoms with Gasteiger partial charge in [0.25, 0.3) is 0 Å². The van der Waals surface area contributed by atoms with Crippen molar-refractivity contribution in [2.45, 2.75) is 25.9 Å². The SMILES string of the molecule is Cc1ccc(C(O)CNC(=O)CCc2ccccc2N)cc1.Cl. The molecule has 1 unspecified atom stereocenters. The molecule has 2 rings (SSSR count). The highest BCUT2D eigenvalue weighted by molar-refractivity contribution is 5.85. The number of benzene rings is 2. The predicted molar refractivity (Wildman–Crippen MR) is 95.6 cm³/mol. The third-order valence-corrected chi connectivity index (χ3v) is 3.63. The van der Waals surface area contributed by atoms with Crippen LogP contribution in [0.15, 0.2) is 48.5 Å². The molecule has 2 aromatic rings. The molecule has 1 atom stereocenters. The molecule has 0 aromatic heterocycles. The molecule has 1 amide bonds. The van der Waals surface area contributed by atoms with Crippen molar-refractivity contribution in [2.24, 2.45) is 0 Å². The van der Waals surface area contributed by atoms with Gasteiger partial charge >= 0.3 is 0 Å². The first-order valence-electron chi connectivity index (χ1n) is 7.41. The Bertz CT molecular complexity index is 629. The Labute approximate surface area is 143 Å². The fourth-order valence-corrected chi connectivity index (χ4v) is 2.22. The van der Waals surface area contributed by atoms with E-state index in [9.17, 15) is 9.90 Å². The number of hydrogen-bond donors (Lipinski definition) is 3. The van der Waals surface area contributed by atoms with Gasteiger partial charge in [-0.25, -0.2) is 0 Å². The van der Waals surface area contributed by atoms with E-state index < -0.39 is 6.10 Å². The van der Waals surface area contributed by atoms with E-state index in [1.54, 1.807) is 0 Å². The lowest BCUT2D eigenvalue weighted by Crippen LogP contribution is -2.28. The number of halogens is 1. The second-order valence-corrected chi connectivity index (χ2v) is 5.43. The quantitative estimate of drug-likeness (QED) is 0.711. The molecule has 0 spiro atoms. The van der Waals surface area contributed by atoms with Crippen LogP contribution in [0.4, 0.5) is 5.69 Å². The number of carbonyl (C=O) groups is 1. The number of aryl methyl sites for hydroxylation is 2. The van der Waals surface area contributed by atoms with Crippen LogP contribution in [-0.4, -0.2) is 17.6 Å². The highest BCUT2D eigenvalue weighted by Gasteiger charge is 2.10. The van der Waals surface area contributed by atoms with Crippen LogP contribution in [0.2, 0.25) is 0 Å². The van der Waals surface area contributed by atoms with E-state index in [4.69, 9.17) is 5.73 Å². The largest absolute Gasteiger partial charge is 0.399 e. The molecule has 4 nitrogen and oxygen atoms in total. The van der Waals surface area contributed by atoms with Crippen LogP contribution in [0.1, 0.15) is 29.2 Å². The van der Waals surface area contributed by atoms with Crippen LogP contribution >= 0.6 is 12.4 Å². The number of carbonyl (C=O) groups excluding carboxylic acids is 1. The minimum absolute atomic E-state index is 0. The summed E-state index contributed by atoms with van der Waals surface area (Å²) in [5.74, 6) is -0.0885. The van der Waals surface area contributed by atoms with Gasteiger partial charge in [0.15, 0.2) is 0 Å². The number of para-hydroxylation sites is 1. The van der Waals surface area contributed by atoms with E-state index in [-0.39, 0.29) is 24.9 Å². The summed E-state index contributed by atoms with van der Waals surface area (Å²) < 4.78 is 0. The zero-order valence-corrected chi connectivity index (χ0v) is 14.0. The van der Waals surface area contributed by atoms with Gasteiger partial charge in [-0.3, -0.25) is 4.79 Å². The molecule has 0 radical (unpaired) electrons. The summed E-state index contributed by atoms with van der Waals surface area (Å²) in [6.07, 6.45) is 0.264. The van der Waals surface area contributed by atoms with Crippen molar-refractivity contribution in [2.75, 3.05) is 12.3 Å². The highest BCUT2D eigenvalue weighted by atomic mass is 35.5. The average molecular weight is 335 g/mol. The van der Waals surface area contributed by atoms with E-state index in [1.165, 1.54) is 0 Å². The van der Waals surface area contributed by atoms with Crippen molar-refractivity contribution >= 4 is 24.0 Å². The molecule has 0 heterocycles. The van der Waals surface area contributed by atoms with Crippen LogP contribution in [0, 0.1) is 6.92 Å². The Morgan fingerprint density at radius 3 is 2.48 bits per heavy atom. The maximum atomic E-state index is 11.9. The molecule has 0 saturated carbocycles. The van der Waals surface area contributed by atoms with Gasteiger partial charge in [0.2, 0.25) is 5.91 Å². The average Bonchev–Trinajstić information content (AvgIpc) is 2.52. The number of nitrogens with two attached hydrogens (primary N) is 1. The Kier molecular flexibility index (Phi) is 7.59. The van der Waals surface area contributed by atoms with E-state index in [0.717, 1.165) is 16.7 Å². The Morgan fingerprint density at radius 2 is 1.83 bits per heavy atom. The number of aliphatic hydroxyl groups excluding tert-OH is 1. The van der Waals surface area contributed by atoms with Crippen LogP contribution in [0.5, 0.6) is 0 Å². The molecule has 0 aliphatic carbocycles. The molecule has 2 aromatic carbocycles. The van der Waals surface area contributed by atoms with Crippen molar-refractivity contribution in [3.8, 4) is 0 Å². The summed E-state index contributed by atoms with van der Waals surface area (Å²) in [5.41, 5.74) is 9.46. The summed E-state index contributed by atoms with van der Waals surface area (Å²) in [6.45, 7) is 2.21. The summed E-state index contributed by atoms with van der Waals surface area (Å²) >= 11 is 0. The molecule has 4 N–H and O–H groups in total. The van der Waals surface area contributed by atoms with Gasteiger partial charge in [-0.15, -0.1) is 12.4 Å².